The first-order valence-corrected chi connectivity index (χ1v) is 6.92. The Balaban J connectivity index is 2.16. The van der Waals surface area contributed by atoms with Gasteiger partial charge >= 0.3 is 6.18 Å². The molecule has 0 atom stereocenters. The van der Waals surface area contributed by atoms with Gasteiger partial charge in [-0.05, 0) is 31.9 Å². The molecule has 3 nitrogen and oxygen atoms in total. The van der Waals surface area contributed by atoms with Gasteiger partial charge in [0.05, 0.1) is 28.5 Å². The second-order valence-electron chi connectivity index (χ2n) is 5.53. The van der Waals surface area contributed by atoms with Gasteiger partial charge in [-0.2, -0.15) is 13.2 Å². The average molecular weight is 349 g/mol. The molecule has 0 saturated heterocycles. The number of nitrogens with zero attached hydrogens (tertiary/aromatic N) is 2. The minimum atomic E-state index is -4.44. The van der Waals surface area contributed by atoms with Crippen LogP contribution in [-0.4, -0.2) is 20.3 Å². The average Bonchev–Trinajstić information content (AvgIpc) is 2.66. The number of aromatic nitrogens is 2. The van der Waals surface area contributed by atoms with Crippen molar-refractivity contribution in [1.29, 1.82) is 0 Å². The molecule has 1 heterocycles. The van der Waals surface area contributed by atoms with Crippen LogP contribution in [0, 0.1) is 0 Å². The van der Waals surface area contributed by atoms with E-state index in [1.165, 1.54) is 10.9 Å². The molecule has 3 rings (SSSR count). The van der Waals surface area contributed by atoms with Crippen LogP contribution in [0.15, 0.2) is 22.9 Å². The van der Waals surface area contributed by atoms with E-state index in [2.05, 4.69) is 20.9 Å². The van der Waals surface area contributed by atoms with Crippen molar-refractivity contribution in [2.45, 2.75) is 37.6 Å². The molecule has 1 aliphatic carbocycles. The zero-order valence-electron chi connectivity index (χ0n) is 10.6. The number of halogens is 4. The molecule has 0 unspecified atom stereocenters. The number of hydrogen-bond acceptors (Lipinski definition) is 2. The SMILES string of the molecule is CC1(O)CC(n2cnc3cc(Br)cc(C(F)(F)F)c32)C1. The lowest BCUT2D eigenvalue weighted by Crippen LogP contribution is -2.41. The summed E-state index contributed by atoms with van der Waals surface area (Å²) in [6.45, 7) is 1.68. The van der Waals surface area contributed by atoms with Crippen molar-refractivity contribution in [1.82, 2.24) is 9.55 Å². The van der Waals surface area contributed by atoms with Gasteiger partial charge in [-0.25, -0.2) is 4.98 Å². The Morgan fingerprint density at radius 2 is 2.05 bits per heavy atom. The molecule has 1 fully saturated rings. The van der Waals surface area contributed by atoms with E-state index in [0.29, 0.717) is 22.8 Å². The van der Waals surface area contributed by atoms with E-state index in [1.807, 2.05) is 0 Å². The number of rotatable bonds is 1. The third-order valence-corrected chi connectivity index (χ3v) is 4.14. The van der Waals surface area contributed by atoms with Crippen LogP contribution in [0.5, 0.6) is 0 Å². The second kappa shape index (κ2) is 4.21. The molecule has 7 heteroatoms. The van der Waals surface area contributed by atoms with Gasteiger partial charge in [-0.3, -0.25) is 0 Å². The summed E-state index contributed by atoms with van der Waals surface area (Å²) in [5, 5.41) is 9.76. The first kappa shape index (κ1) is 13.9. The summed E-state index contributed by atoms with van der Waals surface area (Å²) < 4.78 is 41.4. The van der Waals surface area contributed by atoms with Crippen LogP contribution in [0.4, 0.5) is 13.2 Å². The van der Waals surface area contributed by atoms with Crippen LogP contribution in [-0.2, 0) is 6.18 Å². The Morgan fingerprint density at radius 3 is 2.60 bits per heavy atom. The highest BCUT2D eigenvalue weighted by Crippen LogP contribution is 2.44. The van der Waals surface area contributed by atoms with E-state index in [9.17, 15) is 18.3 Å². The number of hydrogen-bond donors (Lipinski definition) is 1. The van der Waals surface area contributed by atoms with E-state index < -0.39 is 17.3 Å². The van der Waals surface area contributed by atoms with Gasteiger partial charge in [0.15, 0.2) is 0 Å². The molecule has 0 spiro atoms. The summed E-state index contributed by atoms with van der Waals surface area (Å²) >= 11 is 3.08. The van der Waals surface area contributed by atoms with Crippen molar-refractivity contribution in [3.63, 3.8) is 0 Å². The van der Waals surface area contributed by atoms with Crippen LogP contribution in [0.2, 0.25) is 0 Å². The predicted molar refractivity (Wildman–Crippen MR) is 71.3 cm³/mol. The zero-order valence-corrected chi connectivity index (χ0v) is 12.2. The zero-order chi connectivity index (χ0) is 14.7. The maximum absolute atomic E-state index is 13.2. The molecule has 20 heavy (non-hydrogen) atoms. The number of benzene rings is 1. The van der Waals surface area contributed by atoms with Gasteiger partial charge in [0.1, 0.15) is 0 Å². The lowest BCUT2D eigenvalue weighted by Gasteiger charge is -2.41. The molecule has 2 aromatic rings. The van der Waals surface area contributed by atoms with Gasteiger partial charge in [0.25, 0.3) is 0 Å². The standard InChI is InChI=1S/C13H12BrF3N2O/c1-12(20)4-8(5-12)19-6-18-10-3-7(14)2-9(11(10)19)13(15,16)17/h2-3,6,8,20H,4-5H2,1H3. The van der Waals surface area contributed by atoms with Crippen molar-refractivity contribution in [2.24, 2.45) is 0 Å². The third-order valence-electron chi connectivity index (χ3n) is 3.68. The van der Waals surface area contributed by atoms with Crippen molar-refractivity contribution >= 4 is 27.0 Å². The van der Waals surface area contributed by atoms with Crippen molar-refractivity contribution in [2.75, 3.05) is 0 Å². The molecular weight excluding hydrogens is 337 g/mol. The summed E-state index contributed by atoms with van der Waals surface area (Å²) in [5.41, 5.74) is -1.11. The first-order valence-electron chi connectivity index (χ1n) is 6.13. The Labute approximate surface area is 121 Å². The van der Waals surface area contributed by atoms with Gasteiger partial charge < -0.3 is 9.67 Å². The van der Waals surface area contributed by atoms with E-state index >= 15 is 0 Å². The molecule has 1 aliphatic rings. The molecule has 108 valence electrons. The maximum atomic E-state index is 13.2. The minimum Gasteiger partial charge on any atom is -0.390 e. The molecule has 1 N–H and O–H groups in total. The lowest BCUT2D eigenvalue weighted by molar-refractivity contribution is -0.136. The Bertz CT molecular complexity index is 670. The van der Waals surface area contributed by atoms with Gasteiger partial charge in [-0.15, -0.1) is 0 Å². The number of fused-ring (bicyclic) bond motifs is 1. The summed E-state index contributed by atoms with van der Waals surface area (Å²) in [4.78, 5) is 4.06. The topological polar surface area (TPSA) is 38.0 Å². The Morgan fingerprint density at radius 1 is 1.40 bits per heavy atom. The molecular formula is C13H12BrF3N2O. The van der Waals surface area contributed by atoms with E-state index in [1.54, 1.807) is 13.0 Å². The number of aliphatic hydroxyl groups is 1. The highest BCUT2D eigenvalue weighted by molar-refractivity contribution is 9.10. The third kappa shape index (κ3) is 2.22. The van der Waals surface area contributed by atoms with Crippen LogP contribution in [0.25, 0.3) is 11.0 Å². The fourth-order valence-corrected chi connectivity index (χ4v) is 3.23. The van der Waals surface area contributed by atoms with E-state index in [0.717, 1.165) is 6.07 Å². The highest BCUT2D eigenvalue weighted by Gasteiger charge is 2.42. The van der Waals surface area contributed by atoms with Gasteiger partial charge in [0.2, 0.25) is 0 Å². The van der Waals surface area contributed by atoms with Crippen molar-refractivity contribution < 1.29 is 18.3 Å². The normalized spacial score (nSPS) is 26.8. The highest BCUT2D eigenvalue weighted by atomic mass is 79.9. The van der Waals surface area contributed by atoms with Crippen LogP contribution in [0.3, 0.4) is 0 Å². The summed E-state index contributed by atoms with van der Waals surface area (Å²) in [6.07, 6.45) is -2.14. The van der Waals surface area contributed by atoms with E-state index in [4.69, 9.17) is 0 Å². The molecule has 0 amide bonds. The molecule has 0 aliphatic heterocycles. The predicted octanol–water partition coefficient (Wildman–Crippen LogP) is 3.90. The van der Waals surface area contributed by atoms with E-state index in [-0.39, 0.29) is 11.6 Å². The summed E-state index contributed by atoms with van der Waals surface area (Å²) in [5.74, 6) is 0. The maximum Gasteiger partial charge on any atom is 0.418 e. The van der Waals surface area contributed by atoms with Crippen molar-refractivity contribution in [3.8, 4) is 0 Å². The first-order chi connectivity index (χ1) is 9.17. The van der Waals surface area contributed by atoms with Crippen LogP contribution >= 0.6 is 15.9 Å². The van der Waals surface area contributed by atoms with Crippen LogP contribution in [0.1, 0.15) is 31.4 Å². The van der Waals surface area contributed by atoms with Gasteiger partial charge in [0, 0.05) is 10.5 Å². The smallest absolute Gasteiger partial charge is 0.390 e. The number of alkyl halides is 3. The van der Waals surface area contributed by atoms with Crippen molar-refractivity contribution in [3.05, 3.63) is 28.5 Å². The molecule has 1 saturated carbocycles. The second-order valence-corrected chi connectivity index (χ2v) is 6.45. The Kier molecular flexibility index (Phi) is 2.92. The minimum absolute atomic E-state index is 0.0844. The Hall–Kier alpha value is -1.08. The van der Waals surface area contributed by atoms with Gasteiger partial charge in [-0.1, -0.05) is 15.9 Å². The summed E-state index contributed by atoms with van der Waals surface area (Å²) in [6, 6.07) is 2.49. The van der Waals surface area contributed by atoms with Crippen LogP contribution < -0.4 is 0 Å². The number of imidazole rings is 1. The monoisotopic (exact) mass is 348 g/mol. The summed E-state index contributed by atoms with van der Waals surface area (Å²) in [7, 11) is 0. The molecule has 1 aromatic carbocycles. The molecule has 0 bridgehead atoms. The molecule has 1 aromatic heterocycles. The largest absolute Gasteiger partial charge is 0.418 e. The lowest BCUT2D eigenvalue weighted by atomic mass is 9.77. The quantitative estimate of drug-likeness (QED) is 0.848. The fourth-order valence-electron chi connectivity index (χ4n) is 2.78. The molecule has 0 radical (unpaired) electrons. The fraction of sp³-hybridized carbons (Fsp3) is 0.462.